The zero-order chi connectivity index (χ0) is 20.6. The van der Waals surface area contributed by atoms with Crippen molar-refractivity contribution >= 4 is 23.9 Å². The van der Waals surface area contributed by atoms with Crippen molar-refractivity contribution in [2.45, 2.75) is 27.7 Å². The van der Waals surface area contributed by atoms with Gasteiger partial charge in [-0.25, -0.2) is 0 Å². The predicted octanol–water partition coefficient (Wildman–Crippen LogP) is 4.73. The van der Waals surface area contributed by atoms with E-state index in [-0.39, 0.29) is 0 Å². The summed E-state index contributed by atoms with van der Waals surface area (Å²) in [6, 6.07) is 10.2. The van der Waals surface area contributed by atoms with E-state index >= 15 is 8.63 Å². The number of nitrogens with zero attached hydrogens (tertiary/aromatic N) is 3. The predicted molar refractivity (Wildman–Crippen MR) is 114 cm³/mol. The van der Waals surface area contributed by atoms with Gasteiger partial charge in [0.25, 0.3) is 0 Å². The smallest absolute Gasteiger partial charge is 0.393 e. The monoisotopic (exact) mass is 381 g/mol. The van der Waals surface area contributed by atoms with E-state index in [9.17, 15) is 0 Å². The fourth-order valence-corrected chi connectivity index (χ4v) is 4.65. The Kier molecular flexibility index (Phi) is 3.89. The number of allylic oxidation sites excluding steroid dienone is 2. The summed E-state index contributed by atoms with van der Waals surface area (Å²) >= 11 is 0. The molecule has 0 aliphatic carbocycles. The van der Waals surface area contributed by atoms with Gasteiger partial charge in [0, 0.05) is 24.3 Å². The zero-order valence-corrected chi connectivity index (χ0v) is 17.6. The second-order valence-corrected chi connectivity index (χ2v) is 8.90. The number of hydrogen-bond acceptors (Lipinski definition) is 0. The first-order chi connectivity index (χ1) is 12.9. The highest BCUT2D eigenvalue weighted by Gasteiger charge is 2.55. The minimum Gasteiger partial charge on any atom is -0.393 e. The summed E-state index contributed by atoms with van der Waals surface area (Å²) in [6.07, 6.45) is 1.86. The summed E-state index contributed by atoms with van der Waals surface area (Å²) in [5.74, 6) is 0. The van der Waals surface area contributed by atoms with Crippen LogP contribution in [-0.4, -0.2) is 42.8 Å². The van der Waals surface area contributed by atoms with Gasteiger partial charge in [-0.15, -0.1) is 0 Å². The van der Waals surface area contributed by atoms with Gasteiger partial charge in [0.15, 0.2) is 5.70 Å². The third-order valence-electron chi connectivity index (χ3n) is 5.87. The van der Waals surface area contributed by atoms with Crippen LogP contribution in [0.15, 0.2) is 47.7 Å². The van der Waals surface area contributed by atoms with E-state index in [2.05, 4.69) is 45.4 Å². The van der Waals surface area contributed by atoms with Crippen LogP contribution in [0.3, 0.4) is 0 Å². The van der Waals surface area contributed by atoms with Crippen molar-refractivity contribution in [1.82, 2.24) is 8.96 Å². The molecule has 2 aliphatic rings. The first kappa shape index (κ1) is 18.9. The SMILES string of the molecule is CC1=CC(C)=[N+]2C1=C(c1ccc([N+](C)(C)C)cc1)c1c(C)cc(C)n1[B-]2(F)[18F]. The molecular weight excluding hydrogens is 354 g/mol. The fourth-order valence-electron chi connectivity index (χ4n) is 4.65. The highest BCUT2D eigenvalue weighted by molar-refractivity contribution is 6.58. The fraction of sp³-hybridized carbons (Fsp3) is 0.318. The Bertz CT molecular complexity index is 1090. The Labute approximate surface area is 165 Å². The minimum absolute atomic E-state index is 0.592. The van der Waals surface area contributed by atoms with Crippen LogP contribution in [-0.2, 0) is 0 Å². The van der Waals surface area contributed by atoms with Crippen molar-refractivity contribution in [3.05, 3.63) is 70.2 Å². The average molecular weight is 381 g/mol. The molecule has 0 spiro atoms. The Morgan fingerprint density at radius 2 is 1.57 bits per heavy atom. The molecule has 0 bridgehead atoms. The van der Waals surface area contributed by atoms with Crippen molar-refractivity contribution < 1.29 is 13.1 Å². The Balaban J connectivity index is 2.06. The van der Waals surface area contributed by atoms with Crippen LogP contribution in [0.5, 0.6) is 0 Å². The first-order valence-corrected chi connectivity index (χ1v) is 9.64. The Morgan fingerprint density at radius 1 is 0.964 bits per heavy atom. The van der Waals surface area contributed by atoms with Gasteiger partial charge >= 0.3 is 6.97 Å². The van der Waals surface area contributed by atoms with Crippen molar-refractivity contribution in [2.75, 3.05) is 21.1 Å². The van der Waals surface area contributed by atoms with Crippen LogP contribution in [0, 0.1) is 13.8 Å². The van der Waals surface area contributed by atoms with Crippen LogP contribution in [0.25, 0.3) is 5.57 Å². The molecule has 4 rings (SSSR count). The normalized spacial score (nSPS) is 21.8. The van der Waals surface area contributed by atoms with Crippen molar-refractivity contribution in [2.24, 2.45) is 0 Å². The van der Waals surface area contributed by atoms with Gasteiger partial charge in [0.1, 0.15) is 11.4 Å². The van der Waals surface area contributed by atoms with Crippen LogP contribution >= 0.6 is 0 Å². The summed E-state index contributed by atoms with van der Waals surface area (Å²) in [4.78, 5) is 0. The van der Waals surface area contributed by atoms with Crippen molar-refractivity contribution in [1.29, 1.82) is 0 Å². The molecule has 0 N–H and O–H groups in total. The van der Waals surface area contributed by atoms with Gasteiger partial charge in [-0.3, -0.25) is 4.48 Å². The number of rotatable bonds is 2. The first-order valence-electron chi connectivity index (χ1n) is 9.64. The molecule has 2 aromatic rings. The van der Waals surface area contributed by atoms with E-state index < -0.39 is 6.97 Å². The number of fused-ring (bicyclic) bond motifs is 2. The molecule has 1 unspecified atom stereocenters. The molecule has 1 aromatic carbocycles. The second-order valence-electron chi connectivity index (χ2n) is 8.90. The molecule has 146 valence electrons. The van der Waals surface area contributed by atoms with Gasteiger partial charge in [-0.1, -0.05) is 0 Å². The van der Waals surface area contributed by atoms with Gasteiger partial charge in [0.05, 0.1) is 26.7 Å². The lowest BCUT2D eigenvalue weighted by molar-refractivity contribution is -0.363. The van der Waals surface area contributed by atoms with Crippen molar-refractivity contribution in [3.8, 4) is 0 Å². The summed E-state index contributed by atoms with van der Waals surface area (Å²) in [5, 5.41) is 0. The number of aromatic nitrogens is 1. The molecule has 0 saturated heterocycles. The lowest BCUT2D eigenvalue weighted by Gasteiger charge is -2.34. The average Bonchev–Trinajstić information content (AvgIpc) is 3.05. The molecular formula is C22H27BF2N3+. The standard InChI is InChI=1S/C22H27BF2N3/c1-14-12-16(3)26-21(14)20(18-8-10-19(11-9-18)28(5,6)7)22-15(2)13-17(4)27(22)23(26,24)25/h8-13H,1-7H3/q+1/i24-1. The van der Waals surface area contributed by atoms with E-state index in [0.717, 1.165) is 22.3 Å². The lowest BCUT2D eigenvalue weighted by Crippen LogP contribution is -2.51. The molecule has 0 fully saturated rings. The van der Waals surface area contributed by atoms with E-state index in [1.807, 2.05) is 26.0 Å². The lowest BCUT2D eigenvalue weighted by atomic mass is 9.83. The summed E-state index contributed by atoms with van der Waals surface area (Å²) in [7, 11) is 6.34. The highest BCUT2D eigenvalue weighted by atomic mass is 19.1. The second kappa shape index (κ2) is 5.77. The van der Waals surface area contributed by atoms with Gasteiger partial charge < -0.3 is 17.6 Å². The molecule has 1 atom stereocenters. The molecule has 0 saturated carbocycles. The minimum atomic E-state index is -3.92. The number of benzene rings is 1. The molecule has 3 heterocycles. The van der Waals surface area contributed by atoms with Gasteiger partial charge in [0.2, 0.25) is 0 Å². The zero-order valence-electron chi connectivity index (χ0n) is 17.6. The number of hydrogen-bond donors (Lipinski definition) is 0. The summed E-state index contributed by atoms with van der Waals surface area (Å²) in [6.45, 7) is 3.45. The maximum Gasteiger partial charge on any atom is 0.737 e. The molecule has 2 aliphatic heterocycles. The number of quaternary nitrogens is 1. The largest absolute Gasteiger partial charge is 0.737 e. The molecule has 28 heavy (non-hydrogen) atoms. The Morgan fingerprint density at radius 3 is 2.14 bits per heavy atom. The van der Waals surface area contributed by atoms with Crippen LogP contribution < -0.4 is 4.48 Å². The van der Waals surface area contributed by atoms with E-state index in [4.69, 9.17) is 0 Å². The van der Waals surface area contributed by atoms with E-state index in [1.165, 1.54) is 14.7 Å². The quantitative estimate of drug-likeness (QED) is 0.525. The highest BCUT2D eigenvalue weighted by Crippen LogP contribution is 2.44. The van der Waals surface area contributed by atoms with E-state index in [0.29, 0.717) is 27.3 Å². The summed E-state index contributed by atoms with van der Waals surface area (Å²) in [5.41, 5.74) is 7.24. The third kappa shape index (κ3) is 2.47. The molecule has 6 heteroatoms. The summed E-state index contributed by atoms with van der Waals surface area (Å²) < 4.78 is 34.4. The molecule has 3 nitrogen and oxygen atoms in total. The third-order valence-corrected chi connectivity index (χ3v) is 5.87. The van der Waals surface area contributed by atoms with Crippen molar-refractivity contribution in [3.63, 3.8) is 0 Å². The molecule has 1 aromatic heterocycles. The maximum atomic E-state index is 15.6. The van der Waals surface area contributed by atoms with Gasteiger partial charge in [-0.2, -0.15) is 0 Å². The molecule has 0 amide bonds. The van der Waals surface area contributed by atoms with Crippen LogP contribution in [0.2, 0.25) is 0 Å². The topological polar surface area (TPSA) is 7.94 Å². The van der Waals surface area contributed by atoms with Crippen LogP contribution in [0.1, 0.15) is 36.4 Å². The maximum absolute atomic E-state index is 15.6. The Hall–Kier alpha value is -2.47. The molecule has 0 radical (unpaired) electrons. The van der Waals surface area contributed by atoms with E-state index in [1.54, 1.807) is 13.8 Å². The van der Waals surface area contributed by atoms with Crippen LogP contribution in [0.4, 0.5) is 14.3 Å². The van der Waals surface area contributed by atoms with Gasteiger partial charge in [-0.05, 0) is 67.9 Å². The number of halogens is 2. The number of aryl methyl sites for hydroxylation is 2.